The van der Waals surface area contributed by atoms with Gasteiger partial charge in [-0.05, 0) is 60.9 Å². The summed E-state index contributed by atoms with van der Waals surface area (Å²) in [5.74, 6) is -5.75. The molecule has 0 aromatic heterocycles. The maximum Gasteiger partial charge on any atom is 0.414 e. The summed E-state index contributed by atoms with van der Waals surface area (Å²) in [7, 11) is 1.36. The van der Waals surface area contributed by atoms with Crippen molar-refractivity contribution in [3.05, 3.63) is 107 Å². The van der Waals surface area contributed by atoms with Crippen LogP contribution in [0.15, 0.2) is 89.9 Å². The first kappa shape index (κ1) is 53.1. The standard InChI is InChI=1S/C49H60N8O13/c1-3-37-45(63)57(2)39(23-14-24-50-47(55-48(65)67-29-32-15-7-4-8-16-32)56-49(66)68-30-33-17-9-5-10-18-33)44(62)52-28-40(58)53-38(26-41(59)69-31-70-46(64)35-20-11-6-12-21-35)43(61)51-27-34-19-13-22-36(25-34)42(60)54-37/h4-5,7-10,13,15-19,22,25,35,37-39H,3,6,11-12,14,20-21,23-24,26-31H2,1-2H3,(H,51,61)(H,52,62)(H,53,58)(H,54,60)(H2,50,55,56,65,66)/t37-,38+,39+/m1/s1. The van der Waals surface area contributed by atoms with E-state index in [1.54, 1.807) is 79.7 Å². The average Bonchev–Trinajstić information content (AvgIpc) is 3.37. The normalized spacial score (nSPS) is 18.2. The van der Waals surface area contributed by atoms with Gasteiger partial charge in [0.05, 0.1) is 18.9 Å². The van der Waals surface area contributed by atoms with Gasteiger partial charge in [-0.1, -0.05) is 99.0 Å². The Hall–Kier alpha value is -7.84. The van der Waals surface area contributed by atoms with Crippen LogP contribution in [0, 0.1) is 5.92 Å². The van der Waals surface area contributed by atoms with Gasteiger partial charge in [0.2, 0.25) is 36.4 Å². The maximum atomic E-state index is 14.0. The van der Waals surface area contributed by atoms with Crippen molar-refractivity contribution in [3.63, 3.8) is 0 Å². The lowest BCUT2D eigenvalue weighted by molar-refractivity contribution is -0.171. The molecule has 0 saturated heterocycles. The second kappa shape index (κ2) is 27.8. The van der Waals surface area contributed by atoms with E-state index in [0.29, 0.717) is 29.5 Å². The first-order chi connectivity index (χ1) is 33.8. The summed E-state index contributed by atoms with van der Waals surface area (Å²) in [6.07, 6.45) is 1.72. The lowest BCUT2D eigenvalue weighted by Crippen LogP contribution is -2.55. The van der Waals surface area contributed by atoms with E-state index in [4.69, 9.17) is 18.9 Å². The number of carbonyl (C=O) groups excluding carboxylic acids is 9. The first-order valence-corrected chi connectivity index (χ1v) is 23.1. The van der Waals surface area contributed by atoms with Crippen molar-refractivity contribution in [2.75, 3.05) is 26.9 Å². The number of fused-ring (bicyclic) bond motifs is 2. The number of nitrogens with one attached hydrogen (secondary N) is 6. The van der Waals surface area contributed by atoms with Crippen LogP contribution in [0.3, 0.4) is 0 Å². The van der Waals surface area contributed by atoms with Gasteiger partial charge in [0.25, 0.3) is 5.91 Å². The van der Waals surface area contributed by atoms with E-state index < -0.39 is 91.5 Å². The van der Waals surface area contributed by atoms with Crippen molar-refractivity contribution in [1.82, 2.24) is 36.8 Å². The fraction of sp³-hybridized carbons (Fsp3) is 0.429. The number of carbonyl (C=O) groups is 9. The maximum absolute atomic E-state index is 14.0. The molecule has 3 aromatic rings. The Morgan fingerprint density at radius 1 is 0.714 bits per heavy atom. The van der Waals surface area contributed by atoms with Crippen molar-refractivity contribution in [3.8, 4) is 0 Å². The van der Waals surface area contributed by atoms with E-state index >= 15 is 0 Å². The minimum atomic E-state index is -1.51. The lowest BCUT2D eigenvalue weighted by Gasteiger charge is -2.30. The number of alkyl carbamates (subject to hydrolysis) is 2. The Morgan fingerprint density at radius 2 is 1.34 bits per heavy atom. The minimum absolute atomic E-state index is 0.0587. The second-order valence-corrected chi connectivity index (χ2v) is 16.5. The number of amides is 7. The van der Waals surface area contributed by atoms with Crippen LogP contribution in [-0.2, 0) is 67.5 Å². The summed E-state index contributed by atoms with van der Waals surface area (Å²) in [6.45, 7) is -0.122. The van der Waals surface area contributed by atoms with Crippen molar-refractivity contribution in [2.45, 2.75) is 103 Å². The molecule has 0 spiro atoms. The highest BCUT2D eigenvalue weighted by molar-refractivity contribution is 6.01. The van der Waals surface area contributed by atoms with Gasteiger partial charge in [0.15, 0.2) is 0 Å². The smallest absolute Gasteiger partial charge is 0.414 e. The number of nitrogens with zero attached hydrogens (tertiary/aromatic N) is 2. The summed E-state index contributed by atoms with van der Waals surface area (Å²) in [5.41, 5.74) is 2.06. The van der Waals surface area contributed by atoms with Crippen LogP contribution in [0.25, 0.3) is 0 Å². The van der Waals surface area contributed by atoms with Gasteiger partial charge in [0, 0.05) is 25.7 Å². The number of ether oxygens (including phenoxy) is 4. The van der Waals surface area contributed by atoms with Crippen LogP contribution in [0.2, 0.25) is 0 Å². The third-order valence-corrected chi connectivity index (χ3v) is 11.4. The summed E-state index contributed by atoms with van der Waals surface area (Å²) in [6, 6.07) is 20.1. The van der Waals surface area contributed by atoms with Gasteiger partial charge in [-0.15, -0.1) is 0 Å². The highest BCUT2D eigenvalue weighted by atomic mass is 16.7. The first-order valence-electron chi connectivity index (χ1n) is 23.1. The van der Waals surface area contributed by atoms with Crippen LogP contribution in [0.1, 0.15) is 91.8 Å². The van der Waals surface area contributed by atoms with Crippen LogP contribution in [0.4, 0.5) is 9.59 Å². The van der Waals surface area contributed by atoms with Crippen molar-refractivity contribution < 1.29 is 62.1 Å². The molecule has 21 heteroatoms. The lowest BCUT2D eigenvalue weighted by atomic mass is 9.89. The fourth-order valence-electron chi connectivity index (χ4n) is 7.49. The molecule has 1 aliphatic carbocycles. The molecule has 2 aliphatic rings. The zero-order valence-corrected chi connectivity index (χ0v) is 39.2. The number of esters is 2. The molecule has 3 atom stereocenters. The predicted octanol–water partition coefficient (Wildman–Crippen LogP) is 3.26. The molecule has 6 N–H and O–H groups in total. The van der Waals surface area contributed by atoms with E-state index in [1.807, 2.05) is 0 Å². The molecule has 70 heavy (non-hydrogen) atoms. The third-order valence-electron chi connectivity index (χ3n) is 11.4. The van der Waals surface area contributed by atoms with Gasteiger partial charge in [-0.25, -0.2) is 9.59 Å². The molecule has 0 unspecified atom stereocenters. The SMILES string of the molecule is CC[C@H]1NC(=O)c2cccc(c2)CNC(=O)[C@H](CC(=O)OCOC(=O)C2CCCCC2)NC(=O)CNC(=O)[C@H](CCCN=C(NC(=O)OCc2ccccc2)NC(=O)OCc2ccccc2)N(C)C1=O. The molecule has 7 amide bonds. The topological polar surface area (TPSA) is 278 Å². The molecule has 374 valence electrons. The molecule has 1 aliphatic heterocycles. The second-order valence-electron chi connectivity index (χ2n) is 16.5. The van der Waals surface area contributed by atoms with Gasteiger partial charge >= 0.3 is 24.1 Å². The number of benzene rings is 3. The van der Waals surface area contributed by atoms with E-state index in [9.17, 15) is 43.2 Å². The molecule has 2 bridgehead atoms. The Kier molecular flexibility index (Phi) is 21.1. The Labute approximate surface area is 405 Å². The largest absolute Gasteiger partial charge is 0.444 e. The Morgan fingerprint density at radius 3 is 1.97 bits per heavy atom. The molecule has 21 nitrogen and oxygen atoms in total. The average molecular weight is 969 g/mol. The quantitative estimate of drug-likeness (QED) is 0.0339. The molecule has 1 saturated carbocycles. The van der Waals surface area contributed by atoms with Crippen molar-refractivity contribution >= 4 is 59.6 Å². The Bertz CT molecular complexity index is 2270. The number of hydrogen-bond acceptors (Lipinski definition) is 14. The minimum Gasteiger partial charge on any atom is -0.444 e. The summed E-state index contributed by atoms with van der Waals surface area (Å²) < 4.78 is 20.9. The predicted molar refractivity (Wildman–Crippen MR) is 251 cm³/mol. The molecular formula is C49H60N8O13. The molecule has 5 rings (SSSR count). The number of guanidine groups is 1. The zero-order valence-electron chi connectivity index (χ0n) is 39.2. The molecule has 1 heterocycles. The number of rotatable bonds is 14. The van der Waals surface area contributed by atoms with Gasteiger partial charge in [-0.2, -0.15) is 0 Å². The summed E-state index contributed by atoms with van der Waals surface area (Å²) >= 11 is 0. The van der Waals surface area contributed by atoms with Crippen LogP contribution in [-0.4, -0.2) is 110 Å². The van der Waals surface area contributed by atoms with Gasteiger partial charge in [-0.3, -0.25) is 49.2 Å². The van der Waals surface area contributed by atoms with Crippen molar-refractivity contribution in [1.29, 1.82) is 0 Å². The van der Waals surface area contributed by atoms with E-state index in [0.717, 1.165) is 24.2 Å². The number of hydrogen-bond donors (Lipinski definition) is 6. The summed E-state index contributed by atoms with van der Waals surface area (Å²) in [5, 5.41) is 15.1. The van der Waals surface area contributed by atoms with Gasteiger partial charge < -0.3 is 45.1 Å². The van der Waals surface area contributed by atoms with Crippen LogP contribution >= 0.6 is 0 Å². The number of aliphatic imine (C=N–C) groups is 1. The van der Waals surface area contributed by atoms with Crippen LogP contribution in [0.5, 0.6) is 0 Å². The third kappa shape index (κ3) is 17.7. The zero-order chi connectivity index (χ0) is 50.3. The van der Waals surface area contributed by atoms with E-state index in [2.05, 4.69) is 36.9 Å². The van der Waals surface area contributed by atoms with E-state index in [-0.39, 0.29) is 63.0 Å². The summed E-state index contributed by atoms with van der Waals surface area (Å²) in [4.78, 5) is 125. The number of likely N-dealkylation sites (N-methyl/N-ethyl adjacent to an activating group) is 1. The van der Waals surface area contributed by atoms with Gasteiger partial charge in [0.1, 0.15) is 31.3 Å². The van der Waals surface area contributed by atoms with E-state index in [1.165, 1.54) is 19.2 Å². The van der Waals surface area contributed by atoms with Crippen LogP contribution < -0.4 is 31.9 Å². The monoisotopic (exact) mass is 968 g/mol. The molecular weight excluding hydrogens is 909 g/mol. The highest BCUT2D eigenvalue weighted by Crippen LogP contribution is 2.24. The highest BCUT2D eigenvalue weighted by Gasteiger charge is 2.33. The molecule has 3 aromatic carbocycles. The molecule has 0 radical (unpaired) electrons. The van der Waals surface area contributed by atoms with Crippen molar-refractivity contribution in [2.24, 2.45) is 10.9 Å². The fourth-order valence-corrected chi connectivity index (χ4v) is 7.49. The Balaban J connectivity index is 1.30. The molecule has 1 fully saturated rings.